The molecule has 0 saturated carbocycles. The number of carbonyl (C=O) groups is 1. The Hall–Kier alpha value is -1.87. The van der Waals surface area contributed by atoms with Gasteiger partial charge < -0.3 is 9.84 Å². The van der Waals surface area contributed by atoms with Gasteiger partial charge in [0.1, 0.15) is 6.10 Å². The highest BCUT2D eigenvalue weighted by Crippen LogP contribution is 2.37. The number of aliphatic hydroxyl groups excluding tert-OH is 1. The molecule has 1 atom stereocenters. The fourth-order valence-electron chi connectivity index (χ4n) is 2.50. The molecule has 0 heterocycles. The second-order valence-corrected chi connectivity index (χ2v) is 5.22. The third kappa shape index (κ3) is 2.83. The van der Waals surface area contributed by atoms with Gasteiger partial charge in [0.05, 0.1) is 7.11 Å². The lowest BCUT2D eigenvalue weighted by Gasteiger charge is -2.25. The predicted octanol–water partition coefficient (Wildman–Crippen LogP) is 3.32. The smallest absolute Gasteiger partial charge is 0.334 e. The minimum atomic E-state index is -0.756. The van der Waals surface area contributed by atoms with E-state index in [9.17, 15) is 9.90 Å². The van der Waals surface area contributed by atoms with Gasteiger partial charge in [-0.1, -0.05) is 41.5 Å². The summed E-state index contributed by atoms with van der Waals surface area (Å²) in [6, 6.07) is 9.41. The highest BCUT2D eigenvalue weighted by Gasteiger charge is 2.27. The molecule has 3 heteroatoms. The summed E-state index contributed by atoms with van der Waals surface area (Å²) in [5, 5.41) is 10.6. The maximum Gasteiger partial charge on any atom is 0.334 e. The SMILES string of the molecule is COC(=O)C1=C(C(O)c2ccccc2)CC(C)=C(C)C1. The molecule has 3 nitrogen and oxygen atoms in total. The predicted molar refractivity (Wildman–Crippen MR) is 78.1 cm³/mol. The van der Waals surface area contributed by atoms with Crippen molar-refractivity contribution in [3.8, 4) is 0 Å². The van der Waals surface area contributed by atoms with Crippen LogP contribution in [0.5, 0.6) is 0 Å². The van der Waals surface area contributed by atoms with Crippen LogP contribution in [0.1, 0.15) is 38.4 Å². The van der Waals surface area contributed by atoms with Crippen LogP contribution < -0.4 is 0 Å². The molecule has 0 aliphatic heterocycles. The van der Waals surface area contributed by atoms with Gasteiger partial charge >= 0.3 is 5.97 Å². The van der Waals surface area contributed by atoms with E-state index in [1.54, 1.807) is 0 Å². The van der Waals surface area contributed by atoms with E-state index in [1.165, 1.54) is 18.3 Å². The van der Waals surface area contributed by atoms with Crippen LogP contribution >= 0.6 is 0 Å². The summed E-state index contributed by atoms with van der Waals surface area (Å²) in [7, 11) is 1.38. The number of aliphatic hydroxyl groups is 1. The molecule has 0 fully saturated rings. The van der Waals surface area contributed by atoms with Gasteiger partial charge in [0, 0.05) is 12.0 Å². The molecule has 1 unspecified atom stereocenters. The molecular formula is C17H20O3. The maximum absolute atomic E-state index is 12.0. The average Bonchev–Trinajstić information content (AvgIpc) is 2.49. The van der Waals surface area contributed by atoms with Gasteiger partial charge in [-0.15, -0.1) is 0 Å². The van der Waals surface area contributed by atoms with Crippen LogP contribution in [0.3, 0.4) is 0 Å². The first-order valence-electron chi connectivity index (χ1n) is 6.73. The number of hydrogen-bond donors (Lipinski definition) is 1. The number of benzene rings is 1. The number of ether oxygens (including phenoxy) is 1. The Bertz CT molecular complexity index is 567. The van der Waals surface area contributed by atoms with Crippen LogP contribution in [0.15, 0.2) is 52.6 Å². The molecule has 0 saturated heterocycles. The average molecular weight is 272 g/mol. The third-order valence-corrected chi connectivity index (χ3v) is 3.89. The van der Waals surface area contributed by atoms with Crippen molar-refractivity contribution in [1.82, 2.24) is 0 Å². The molecule has 106 valence electrons. The van der Waals surface area contributed by atoms with Crippen LogP contribution in [-0.2, 0) is 9.53 Å². The van der Waals surface area contributed by atoms with Gasteiger partial charge in [0.15, 0.2) is 0 Å². The van der Waals surface area contributed by atoms with Crippen molar-refractivity contribution < 1.29 is 14.6 Å². The lowest BCUT2D eigenvalue weighted by atomic mass is 9.83. The lowest BCUT2D eigenvalue weighted by molar-refractivity contribution is -0.136. The van der Waals surface area contributed by atoms with Crippen molar-refractivity contribution in [2.45, 2.75) is 32.8 Å². The van der Waals surface area contributed by atoms with Gasteiger partial charge in [0.2, 0.25) is 0 Å². The van der Waals surface area contributed by atoms with E-state index >= 15 is 0 Å². The Labute approximate surface area is 119 Å². The number of rotatable bonds is 3. The molecule has 1 aromatic carbocycles. The molecule has 1 aliphatic rings. The maximum atomic E-state index is 12.0. The Kier molecular flexibility index (Phi) is 4.40. The third-order valence-electron chi connectivity index (χ3n) is 3.89. The molecular weight excluding hydrogens is 252 g/mol. The lowest BCUT2D eigenvalue weighted by Crippen LogP contribution is -2.17. The molecule has 1 N–H and O–H groups in total. The van der Waals surface area contributed by atoms with Crippen LogP contribution in [0.25, 0.3) is 0 Å². The van der Waals surface area contributed by atoms with E-state index in [0.29, 0.717) is 18.4 Å². The summed E-state index contributed by atoms with van der Waals surface area (Å²) in [5.74, 6) is -0.346. The number of hydrogen-bond acceptors (Lipinski definition) is 3. The standard InChI is InChI=1S/C17H20O3/c1-11-9-14(15(10-12(11)2)17(19)20-3)16(18)13-7-5-4-6-8-13/h4-8,16,18H,9-10H2,1-3H3. The van der Waals surface area contributed by atoms with Crippen molar-refractivity contribution in [2.24, 2.45) is 0 Å². The molecule has 1 aromatic rings. The number of allylic oxidation sites excluding steroid dienone is 2. The zero-order valence-corrected chi connectivity index (χ0v) is 12.1. The van der Waals surface area contributed by atoms with Crippen molar-refractivity contribution in [2.75, 3.05) is 7.11 Å². The molecule has 0 spiro atoms. The highest BCUT2D eigenvalue weighted by molar-refractivity contribution is 5.90. The van der Waals surface area contributed by atoms with Crippen LogP contribution in [0.2, 0.25) is 0 Å². The van der Waals surface area contributed by atoms with Gasteiger partial charge in [-0.25, -0.2) is 4.79 Å². The summed E-state index contributed by atoms with van der Waals surface area (Å²) < 4.78 is 4.86. The molecule has 2 rings (SSSR count). The van der Waals surface area contributed by atoms with Gasteiger partial charge in [-0.05, 0) is 31.4 Å². The van der Waals surface area contributed by atoms with E-state index in [0.717, 1.165) is 11.1 Å². The highest BCUT2D eigenvalue weighted by atomic mass is 16.5. The topological polar surface area (TPSA) is 46.5 Å². The zero-order chi connectivity index (χ0) is 14.7. The minimum Gasteiger partial charge on any atom is -0.466 e. The summed E-state index contributed by atoms with van der Waals surface area (Å²) in [4.78, 5) is 12.0. The molecule has 0 aromatic heterocycles. The van der Waals surface area contributed by atoms with Gasteiger partial charge in [-0.2, -0.15) is 0 Å². The molecule has 0 amide bonds. The van der Waals surface area contributed by atoms with Gasteiger partial charge in [0.25, 0.3) is 0 Å². The van der Waals surface area contributed by atoms with E-state index in [2.05, 4.69) is 0 Å². The minimum absolute atomic E-state index is 0.346. The molecule has 1 aliphatic carbocycles. The normalized spacial score (nSPS) is 17.2. The summed E-state index contributed by atoms with van der Waals surface area (Å²) in [6.07, 6.45) is 0.415. The van der Waals surface area contributed by atoms with E-state index < -0.39 is 6.10 Å². The Morgan fingerprint density at radius 3 is 2.35 bits per heavy atom. The zero-order valence-electron chi connectivity index (χ0n) is 12.1. The molecule has 20 heavy (non-hydrogen) atoms. The van der Waals surface area contributed by atoms with E-state index in [4.69, 9.17) is 4.74 Å². The largest absolute Gasteiger partial charge is 0.466 e. The van der Waals surface area contributed by atoms with Crippen LogP contribution in [-0.4, -0.2) is 18.2 Å². The van der Waals surface area contributed by atoms with Crippen molar-refractivity contribution >= 4 is 5.97 Å². The molecule has 0 radical (unpaired) electrons. The Morgan fingerprint density at radius 1 is 1.15 bits per heavy atom. The second-order valence-electron chi connectivity index (χ2n) is 5.22. The van der Waals surface area contributed by atoms with Crippen LogP contribution in [0, 0.1) is 0 Å². The summed E-state index contributed by atoms with van der Waals surface area (Å²) in [6.45, 7) is 4.06. The first kappa shape index (κ1) is 14.5. The van der Waals surface area contributed by atoms with E-state index in [1.807, 2.05) is 44.2 Å². The first-order chi connectivity index (χ1) is 9.54. The molecule has 0 bridgehead atoms. The van der Waals surface area contributed by atoms with Crippen molar-refractivity contribution in [1.29, 1.82) is 0 Å². The summed E-state index contributed by atoms with van der Waals surface area (Å²) >= 11 is 0. The summed E-state index contributed by atoms with van der Waals surface area (Å²) in [5.41, 5.74) is 4.53. The van der Waals surface area contributed by atoms with Gasteiger partial charge in [-0.3, -0.25) is 0 Å². The number of carbonyl (C=O) groups excluding carboxylic acids is 1. The van der Waals surface area contributed by atoms with Crippen molar-refractivity contribution in [3.05, 3.63) is 58.2 Å². The van der Waals surface area contributed by atoms with Crippen molar-refractivity contribution in [3.63, 3.8) is 0 Å². The quantitative estimate of drug-likeness (QED) is 0.678. The fraction of sp³-hybridized carbons (Fsp3) is 0.353. The monoisotopic (exact) mass is 272 g/mol. The first-order valence-corrected chi connectivity index (χ1v) is 6.73. The second kappa shape index (κ2) is 6.06. The fourth-order valence-corrected chi connectivity index (χ4v) is 2.50. The number of methoxy groups -OCH3 is 1. The Morgan fingerprint density at radius 2 is 1.75 bits per heavy atom. The Balaban J connectivity index is 2.41. The van der Waals surface area contributed by atoms with E-state index in [-0.39, 0.29) is 5.97 Å². The number of esters is 1. The van der Waals surface area contributed by atoms with Crippen LogP contribution in [0.4, 0.5) is 0 Å².